The molecule has 2 unspecified atom stereocenters. The first kappa shape index (κ1) is 31.0. The molecule has 10 atom stereocenters. The van der Waals surface area contributed by atoms with Gasteiger partial charge in [-0.05, 0) is 122 Å². The average molecular weight is 549 g/mol. The largest absolute Gasteiger partial charge is 0.629 e. The van der Waals surface area contributed by atoms with E-state index < -0.39 is 7.77 Å². The van der Waals surface area contributed by atoms with E-state index in [1.54, 1.807) is 0 Å². The standard InChI is InChI=1S/C34H62NO2P/c1-24(2)26(19-22-38(37)32(36)23-35(6,7)8)13-12-25(3)29-16-17-30-28-15-14-27-11-9-10-20-33(27,4)31(28)18-21-34(29,30)5/h24-31H,9-23H2,1-8H3/p+1/t25-,26+,27?,28+,29-,30+,31+,33+,34-/m1/s1. The second-order valence-electron chi connectivity index (χ2n) is 16.4. The van der Waals surface area contributed by atoms with Crippen molar-refractivity contribution in [2.45, 2.75) is 118 Å². The molecule has 0 spiro atoms. The maximum absolute atomic E-state index is 12.8. The molecule has 0 heterocycles. The van der Waals surface area contributed by atoms with Crippen molar-refractivity contribution in [2.24, 2.45) is 58.2 Å². The van der Waals surface area contributed by atoms with E-state index in [2.05, 4.69) is 34.6 Å². The van der Waals surface area contributed by atoms with Gasteiger partial charge in [0.2, 0.25) is 0 Å². The van der Waals surface area contributed by atoms with Gasteiger partial charge in [0, 0.05) is 0 Å². The van der Waals surface area contributed by atoms with Gasteiger partial charge in [0.25, 0.3) is 5.48 Å². The smallest absolute Gasteiger partial charge is 0.273 e. The van der Waals surface area contributed by atoms with Gasteiger partial charge in [0.15, 0.2) is 6.54 Å². The number of hydrogen-bond acceptors (Lipinski definition) is 1. The van der Waals surface area contributed by atoms with Gasteiger partial charge >= 0.3 is 0 Å². The molecule has 4 fully saturated rings. The molecule has 0 radical (unpaired) electrons. The quantitative estimate of drug-likeness (QED) is 0.221. The molecule has 1 N–H and O–H groups in total. The molecular formula is C34H63NO2P+. The minimum absolute atomic E-state index is 0.208. The van der Waals surface area contributed by atoms with Crippen LogP contribution in [0.15, 0.2) is 0 Å². The molecule has 4 aliphatic rings. The summed E-state index contributed by atoms with van der Waals surface area (Å²) in [5, 5.41) is 10.4. The van der Waals surface area contributed by atoms with Crippen LogP contribution in [0, 0.1) is 58.2 Å². The summed E-state index contributed by atoms with van der Waals surface area (Å²) in [6, 6.07) is 0. The Morgan fingerprint density at radius 1 is 0.868 bits per heavy atom. The first-order valence-electron chi connectivity index (χ1n) is 16.6. The molecule has 38 heavy (non-hydrogen) atoms. The van der Waals surface area contributed by atoms with Crippen molar-refractivity contribution in [1.82, 2.24) is 0 Å². The van der Waals surface area contributed by atoms with E-state index >= 15 is 0 Å². The second-order valence-corrected chi connectivity index (χ2v) is 18.2. The zero-order valence-electron chi connectivity index (χ0n) is 26.5. The Balaban J connectivity index is 1.35. The second kappa shape index (κ2) is 12.1. The molecule has 0 aromatic rings. The van der Waals surface area contributed by atoms with Crippen molar-refractivity contribution in [1.29, 1.82) is 0 Å². The van der Waals surface area contributed by atoms with Gasteiger partial charge in [-0.15, -0.1) is 0 Å². The highest BCUT2D eigenvalue weighted by atomic mass is 31.1. The summed E-state index contributed by atoms with van der Waals surface area (Å²) in [5.41, 5.74) is 1.41. The van der Waals surface area contributed by atoms with Gasteiger partial charge in [0.1, 0.15) is 6.16 Å². The summed E-state index contributed by atoms with van der Waals surface area (Å²) in [5.74, 6) is 6.89. The summed E-state index contributed by atoms with van der Waals surface area (Å²) in [4.78, 5) is 12.8. The first-order valence-corrected chi connectivity index (χ1v) is 18.0. The molecule has 4 rings (SSSR count). The molecule has 0 aromatic heterocycles. The summed E-state index contributed by atoms with van der Waals surface area (Å²) < 4.78 is 0.626. The molecule has 4 heteroatoms. The number of fused-ring (bicyclic) bond motifs is 5. The molecule has 3 nitrogen and oxygen atoms in total. The Morgan fingerprint density at radius 3 is 2.26 bits per heavy atom. The van der Waals surface area contributed by atoms with Gasteiger partial charge in [0.05, 0.1) is 28.9 Å². The minimum Gasteiger partial charge on any atom is -0.629 e. The highest BCUT2D eigenvalue weighted by molar-refractivity contribution is 7.51. The Morgan fingerprint density at radius 2 is 1.58 bits per heavy atom. The van der Waals surface area contributed by atoms with Crippen molar-refractivity contribution in [3.8, 4) is 0 Å². The monoisotopic (exact) mass is 548 g/mol. The maximum atomic E-state index is 12.8. The predicted molar refractivity (Wildman–Crippen MR) is 163 cm³/mol. The average Bonchev–Trinajstić information content (AvgIpc) is 3.19. The summed E-state index contributed by atoms with van der Waals surface area (Å²) >= 11 is 0. The molecule has 0 saturated heterocycles. The lowest BCUT2D eigenvalue weighted by atomic mass is 9.44. The lowest BCUT2D eigenvalue weighted by Crippen LogP contribution is -2.53. The molecule has 4 saturated carbocycles. The van der Waals surface area contributed by atoms with E-state index in [4.69, 9.17) is 0 Å². The predicted octanol–water partition coefficient (Wildman–Crippen LogP) is 8.08. The SMILES string of the molecule is CC(C)[C@@H](CC[C@@H](C)[C@H]1CC[C@H]2[C@@H]3CCC4CCCC[C@]4(C)[C@H]3CC[C@]12C)CC[P+]([O-])=C(O)C[N+](C)(C)C. The Kier molecular flexibility index (Phi) is 9.88. The maximum Gasteiger partial charge on any atom is 0.273 e. The third-order valence-electron chi connectivity index (χ3n) is 12.9. The Hall–Kier alpha value is 0.0500. The fourth-order valence-electron chi connectivity index (χ4n) is 10.7. The highest BCUT2D eigenvalue weighted by Gasteiger charge is 2.60. The number of likely N-dealkylation sites (N-methyl/N-ethyl adjacent to an activating group) is 1. The number of nitrogens with zero attached hydrogens (tertiary/aromatic N) is 1. The summed E-state index contributed by atoms with van der Waals surface area (Å²) in [6.45, 7) is 13.2. The van der Waals surface area contributed by atoms with Crippen molar-refractivity contribution >= 4 is 13.3 Å². The summed E-state index contributed by atoms with van der Waals surface area (Å²) in [6.07, 6.45) is 19.2. The van der Waals surface area contributed by atoms with E-state index in [9.17, 15) is 10.00 Å². The molecule has 220 valence electrons. The van der Waals surface area contributed by atoms with Gasteiger partial charge in [-0.3, -0.25) is 0 Å². The fourth-order valence-corrected chi connectivity index (χ4v) is 12.1. The molecule has 0 bridgehead atoms. The molecule has 0 amide bonds. The van der Waals surface area contributed by atoms with Crippen LogP contribution < -0.4 is 4.89 Å². The Bertz CT molecular complexity index is 833. The van der Waals surface area contributed by atoms with Gasteiger partial charge in [-0.1, -0.05) is 53.9 Å². The third-order valence-corrected chi connectivity index (χ3v) is 14.3. The van der Waals surface area contributed by atoms with Crippen LogP contribution in [0.4, 0.5) is 0 Å². The van der Waals surface area contributed by atoms with Crippen LogP contribution in [0.2, 0.25) is 0 Å². The van der Waals surface area contributed by atoms with E-state index in [1.165, 1.54) is 77.0 Å². The molecule has 4 aliphatic carbocycles. The number of quaternary nitrogens is 1. The highest BCUT2D eigenvalue weighted by Crippen LogP contribution is 2.68. The van der Waals surface area contributed by atoms with Crippen LogP contribution in [0.3, 0.4) is 0 Å². The minimum atomic E-state index is -1.63. The van der Waals surface area contributed by atoms with E-state index in [-0.39, 0.29) is 5.48 Å². The zero-order chi connectivity index (χ0) is 27.9. The van der Waals surface area contributed by atoms with Crippen LogP contribution in [-0.2, 0) is 0 Å². The molecule has 0 aliphatic heterocycles. The van der Waals surface area contributed by atoms with E-state index in [1.807, 2.05) is 21.1 Å². The third kappa shape index (κ3) is 6.42. The van der Waals surface area contributed by atoms with E-state index in [0.29, 0.717) is 39.9 Å². The van der Waals surface area contributed by atoms with Crippen LogP contribution in [0.5, 0.6) is 0 Å². The zero-order valence-corrected chi connectivity index (χ0v) is 27.4. The van der Waals surface area contributed by atoms with Crippen LogP contribution in [0.1, 0.15) is 118 Å². The van der Waals surface area contributed by atoms with Crippen LogP contribution in [-0.4, -0.2) is 48.9 Å². The Labute approximate surface area is 237 Å². The van der Waals surface area contributed by atoms with Crippen molar-refractivity contribution in [3.05, 3.63) is 0 Å². The van der Waals surface area contributed by atoms with Crippen molar-refractivity contribution in [3.63, 3.8) is 0 Å². The van der Waals surface area contributed by atoms with Gasteiger partial charge in [-0.2, -0.15) is 0 Å². The molecule has 0 aromatic carbocycles. The lowest BCUT2D eigenvalue weighted by molar-refractivity contribution is -0.861. The normalized spacial score (nSPS) is 39.7. The molecular weight excluding hydrogens is 485 g/mol. The van der Waals surface area contributed by atoms with Crippen LogP contribution in [0.25, 0.3) is 0 Å². The summed E-state index contributed by atoms with van der Waals surface area (Å²) in [7, 11) is 4.50. The van der Waals surface area contributed by atoms with Crippen molar-refractivity contribution in [2.75, 3.05) is 33.8 Å². The number of rotatable bonds is 10. The number of aliphatic hydroxyl groups is 1. The number of aliphatic hydroxyl groups excluding tert-OH is 1. The van der Waals surface area contributed by atoms with E-state index in [0.717, 1.165) is 41.9 Å². The number of hydrogen-bond donors (Lipinski definition) is 1. The van der Waals surface area contributed by atoms with Gasteiger partial charge in [-0.25, -0.2) is 0 Å². The lowest BCUT2D eigenvalue weighted by Gasteiger charge is -2.61. The van der Waals surface area contributed by atoms with Gasteiger partial charge < -0.3 is 14.5 Å². The topological polar surface area (TPSA) is 43.3 Å². The van der Waals surface area contributed by atoms with Crippen molar-refractivity contribution < 1.29 is 14.5 Å². The first-order chi connectivity index (χ1) is 17.8. The fraction of sp³-hybridized carbons (Fsp3) is 0.971. The van der Waals surface area contributed by atoms with Crippen LogP contribution >= 0.6 is 7.77 Å².